The number of carbonyl (C=O) groups is 1. The summed E-state index contributed by atoms with van der Waals surface area (Å²) in [5.74, 6) is -0.291. The molecular weight excluding hydrogens is 458 g/mol. The van der Waals surface area contributed by atoms with Crippen molar-refractivity contribution < 1.29 is 36.2 Å². The maximum atomic E-state index is 13.1. The van der Waals surface area contributed by atoms with Gasteiger partial charge in [-0.1, -0.05) is 12.1 Å². The lowest BCUT2D eigenvalue weighted by Gasteiger charge is -2.27. The summed E-state index contributed by atoms with van der Waals surface area (Å²) in [4.78, 5) is 12.3. The molecule has 11 heteroatoms. The molecule has 1 aliphatic rings. The first-order valence-corrected chi connectivity index (χ1v) is 11.6. The van der Waals surface area contributed by atoms with Crippen LogP contribution in [0.1, 0.15) is 12.5 Å². The van der Waals surface area contributed by atoms with Crippen LogP contribution in [0.15, 0.2) is 53.4 Å². The van der Waals surface area contributed by atoms with Crippen molar-refractivity contribution >= 4 is 27.7 Å². The van der Waals surface area contributed by atoms with Crippen molar-refractivity contribution in [3.63, 3.8) is 0 Å². The SMILES string of the molecule is CCOc1ccc(NC(=O)/C=C/c2ccc(OC(F)F)cc2)cc1S(=O)(=O)N1CCOCC1. The van der Waals surface area contributed by atoms with E-state index in [0.29, 0.717) is 18.8 Å². The van der Waals surface area contributed by atoms with Crippen LogP contribution in [0.3, 0.4) is 0 Å². The van der Waals surface area contributed by atoms with Gasteiger partial charge >= 0.3 is 6.61 Å². The van der Waals surface area contributed by atoms with E-state index < -0.39 is 22.5 Å². The topological polar surface area (TPSA) is 94.2 Å². The third-order valence-electron chi connectivity index (χ3n) is 4.63. The number of anilines is 1. The number of amides is 1. The fourth-order valence-electron chi connectivity index (χ4n) is 3.10. The first-order valence-electron chi connectivity index (χ1n) is 10.2. The fraction of sp³-hybridized carbons (Fsp3) is 0.318. The van der Waals surface area contributed by atoms with Gasteiger partial charge in [-0.05, 0) is 48.9 Å². The maximum Gasteiger partial charge on any atom is 0.387 e. The maximum absolute atomic E-state index is 13.1. The number of hydrogen-bond donors (Lipinski definition) is 1. The van der Waals surface area contributed by atoms with Crippen molar-refractivity contribution in [3.05, 3.63) is 54.1 Å². The molecule has 0 unspecified atom stereocenters. The van der Waals surface area contributed by atoms with Gasteiger partial charge in [0.15, 0.2) is 0 Å². The van der Waals surface area contributed by atoms with E-state index in [-0.39, 0.29) is 41.8 Å². The zero-order valence-electron chi connectivity index (χ0n) is 17.9. The summed E-state index contributed by atoms with van der Waals surface area (Å²) in [5, 5.41) is 2.62. The van der Waals surface area contributed by atoms with Gasteiger partial charge in [0.05, 0.1) is 19.8 Å². The first-order chi connectivity index (χ1) is 15.8. The Bertz CT molecular complexity index is 1080. The molecule has 1 fully saturated rings. The summed E-state index contributed by atoms with van der Waals surface area (Å²) in [7, 11) is -3.85. The minimum atomic E-state index is -3.85. The van der Waals surface area contributed by atoms with Crippen LogP contribution in [0.5, 0.6) is 11.5 Å². The highest BCUT2D eigenvalue weighted by atomic mass is 32.2. The predicted molar refractivity (Wildman–Crippen MR) is 118 cm³/mol. The monoisotopic (exact) mass is 482 g/mol. The van der Waals surface area contributed by atoms with Gasteiger partial charge in [0, 0.05) is 24.9 Å². The number of morpholine rings is 1. The quantitative estimate of drug-likeness (QED) is 0.551. The van der Waals surface area contributed by atoms with Gasteiger partial charge in [-0.15, -0.1) is 0 Å². The summed E-state index contributed by atoms with van der Waals surface area (Å²) >= 11 is 0. The van der Waals surface area contributed by atoms with Crippen molar-refractivity contribution in [1.82, 2.24) is 4.31 Å². The minimum absolute atomic E-state index is 0.00926. The lowest BCUT2D eigenvalue weighted by molar-refractivity contribution is -0.111. The number of carbonyl (C=O) groups excluding carboxylic acids is 1. The van der Waals surface area contributed by atoms with E-state index in [2.05, 4.69) is 10.1 Å². The highest BCUT2D eigenvalue weighted by molar-refractivity contribution is 7.89. The van der Waals surface area contributed by atoms with E-state index in [1.54, 1.807) is 13.0 Å². The number of hydrogen-bond acceptors (Lipinski definition) is 6. The predicted octanol–water partition coefficient (Wildman–Crippen LogP) is 3.36. The van der Waals surface area contributed by atoms with Crippen molar-refractivity contribution in [1.29, 1.82) is 0 Å². The number of nitrogens with zero attached hydrogens (tertiary/aromatic N) is 1. The Labute approximate surface area is 190 Å². The Morgan fingerprint density at radius 2 is 1.88 bits per heavy atom. The minimum Gasteiger partial charge on any atom is -0.492 e. The van der Waals surface area contributed by atoms with Gasteiger partial charge in [-0.3, -0.25) is 4.79 Å². The van der Waals surface area contributed by atoms with E-state index in [4.69, 9.17) is 9.47 Å². The molecule has 2 aromatic rings. The van der Waals surface area contributed by atoms with E-state index in [1.807, 2.05) is 0 Å². The van der Waals surface area contributed by atoms with Crippen LogP contribution in [0, 0.1) is 0 Å². The lowest BCUT2D eigenvalue weighted by Crippen LogP contribution is -2.40. The average molecular weight is 483 g/mol. The number of benzene rings is 2. The number of alkyl halides is 2. The average Bonchev–Trinajstić information content (AvgIpc) is 2.80. The molecule has 3 rings (SSSR count). The van der Waals surface area contributed by atoms with Crippen LogP contribution >= 0.6 is 0 Å². The molecule has 8 nitrogen and oxygen atoms in total. The zero-order chi connectivity index (χ0) is 23.8. The second kappa shape index (κ2) is 11.2. The zero-order valence-corrected chi connectivity index (χ0v) is 18.7. The van der Waals surface area contributed by atoms with E-state index in [1.165, 1.54) is 52.9 Å². The molecule has 0 radical (unpaired) electrons. The molecule has 0 aliphatic carbocycles. The van der Waals surface area contributed by atoms with Gasteiger partial charge in [-0.2, -0.15) is 13.1 Å². The summed E-state index contributed by atoms with van der Waals surface area (Å²) in [6.07, 6.45) is 2.73. The Hall–Kier alpha value is -3.02. The second-order valence-electron chi connectivity index (χ2n) is 6.88. The normalized spacial score (nSPS) is 15.0. The van der Waals surface area contributed by atoms with Crippen LogP contribution in [-0.2, 0) is 19.6 Å². The number of rotatable bonds is 9. The van der Waals surface area contributed by atoms with Gasteiger partial charge in [-0.25, -0.2) is 8.42 Å². The van der Waals surface area contributed by atoms with Crippen LogP contribution in [0.25, 0.3) is 6.08 Å². The van der Waals surface area contributed by atoms with Crippen molar-refractivity contribution in [2.75, 3.05) is 38.2 Å². The van der Waals surface area contributed by atoms with Gasteiger partial charge in [0.2, 0.25) is 15.9 Å². The van der Waals surface area contributed by atoms with Crippen LogP contribution in [-0.4, -0.2) is 58.2 Å². The summed E-state index contributed by atoms with van der Waals surface area (Å²) < 4.78 is 67.0. The summed E-state index contributed by atoms with van der Waals surface area (Å²) in [6, 6.07) is 10.2. The first kappa shape index (κ1) is 24.6. The molecule has 1 saturated heterocycles. The molecule has 1 N–H and O–H groups in total. The number of sulfonamides is 1. The van der Waals surface area contributed by atoms with Crippen LogP contribution < -0.4 is 14.8 Å². The van der Waals surface area contributed by atoms with Gasteiger partial charge in [0.25, 0.3) is 0 Å². The molecule has 0 spiro atoms. The number of halogens is 2. The van der Waals surface area contributed by atoms with E-state index >= 15 is 0 Å². The van der Waals surface area contributed by atoms with E-state index in [0.717, 1.165) is 0 Å². The standard InChI is InChI=1S/C22H24F2N2O6S/c1-2-31-19-9-6-17(15-20(19)33(28,29)26-11-13-30-14-12-26)25-21(27)10-5-16-3-7-18(8-4-16)32-22(23)24/h3-10,15,22H,2,11-14H2,1H3,(H,25,27)/b10-5+. The molecule has 178 valence electrons. The summed E-state index contributed by atoms with van der Waals surface area (Å²) in [5.41, 5.74) is 0.870. The fourth-order valence-corrected chi connectivity index (χ4v) is 4.67. The molecule has 0 saturated carbocycles. The third kappa shape index (κ3) is 6.73. The molecule has 33 heavy (non-hydrogen) atoms. The lowest BCUT2D eigenvalue weighted by atomic mass is 10.2. The number of nitrogens with one attached hydrogen (secondary N) is 1. The molecule has 1 amide bonds. The number of ether oxygens (including phenoxy) is 3. The molecular formula is C22H24F2N2O6S. The largest absolute Gasteiger partial charge is 0.492 e. The van der Waals surface area contributed by atoms with Crippen molar-refractivity contribution in [2.45, 2.75) is 18.4 Å². The van der Waals surface area contributed by atoms with Crippen molar-refractivity contribution in [3.8, 4) is 11.5 Å². The molecule has 0 atom stereocenters. The van der Waals surface area contributed by atoms with E-state index in [9.17, 15) is 22.0 Å². The highest BCUT2D eigenvalue weighted by Crippen LogP contribution is 2.30. The molecule has 1 aliphatic heterocycles. The van der Waals surface area contributed by atoms with Crippen LogP contribution in [0.4, 0.5) is 14.5 Å². The Kier molecular flexibility index (Phi) is 8.37. The Morgan fingerprint density at radius 1 is 1.18 bits per heavy atom. The molecule has 2 aromatic carbocycles. The highest BCUT2D eigenvalue weighted by Gasteiger charge is 2.29. The summed E-state index contributed by atoms with van der Waals surface area (Å²) in [6.45, 7) is 0.185. The Morgan fingerprint density at radius 3 is 2.52 bits per heavy atom. The smallest absolute Gasteiger partial charge is 0.387 e. The van der Waals surface area contributed by atoms with Crippen LogP contribution in [0.2, 0.25) is 0 Å². The molecule has 1 heterocycles. The third-order valence-corrected chi connectivity index (χ3v) is 6.55. The molecule has 0 aromatic heterocycles. The second-order valence-corrected chi connectivity index (χ2v) is 8.79. The van der Waals surface area contributed by atoms with Gasteiger partial charge in [0.1, 0.15) is 16.4 Å². The molecule has 0 bridgehead atoms. The van der Waals surface area contributed by atoms with Gasteiger partial charge < -0.3 is 19.5 Å². The van der Waals surface area contributed by atoms with Crippen molar-refractivity contribution in [2.24, 2.45) is 0 Å². The Balaban J connectivity index is 1.74.